The molecule has 0 amide bonds. The van der Waals surface area contributed by atoms with Gasteiger partial charge in [-0.15, -0.1) is 0 Å². The minimum Gasteiger partial charge on any atom is -0.355 e. The summed E-state index contributed by atoms with van der Waals surface area (Å²) in [6, 6.07) is 13.4. The Kier molecular flexibility index (Phi) is 7.63. The Morgan fingerprint density at radius 1 is 0.933 bits per heavy atom. The SMILES string of the molecule is CC(C)c1cc(C(C)C)c(C(=S)N2CCCC[C@@H]2c2cccc(Cl)c2)c(C(C)C)c1. The van der Waals surface area contributed by atoms with Crippen LogP contribution < -0.4 is 0 Å². The summed E-state index contributed by atoms with van der Waals surface area (Å²) in [7, 11) is 0. The van der Waals surface area contributed by atoms with Gasteiger partial charge >= 0.3 is 0 Å². The van der Waals surface area contributed by atoms with E-state index >= 15 is 0 Å². The first-order chi connectivity index (χ1) is 14.2. The fourth-order valence-electron chi connectivity index (χ4n) is 4.58. The zero-order valence-electron chi connectivity index (χ0n) is 19.3. The Bertz CT molecular complexity index is 870. The normalized spacial score (nSPS) is 17.3. The average Bonchev–Trinajstić information content (AvgIpc) is 2.72. The number of hydrogen-bond donors (Lipinski definition) is 0. The lowest BCUT2D eigenvalue weighted by atomic mass is 9.83. The summed E-state index contributed by atoms with van der Waals surface area (Å²) < 4.78 is 0. The molecule has 0 bridgehead atoms. The first-order valence-electron chi connectivity index (χ1n) is 11.4. The first kappa shape index (κ1) is 23.3. The van der Waals surface area contributed by atoms with Gasteiger partial charge in [0, 0.05) is 17.1 Å². The van der Waals surface area contributed by atoms with Crippen molar-refractivity contribution in [1.29, 1.82) is 0 Å². The van der Waals surface area contributed by atoms with Crippen LogP contribution in [-0.4, -0.2) is 16.4 Å². The highest BCUT2D eigenvalue weighted by Crippen LogP contribution is 2.38. The lowest BCUT2D eigenvalue weighted by molar-refractivity contribution is 0.249. The molecule has 2 aromatic rings. The maximum atomic E-state index is 6.34. The topological polar surface area (TPSA) is 3.24 Å². The number of benzene rings is 2. The van der Waals surface area contributed by atoms with Crippen molar-refractivity contribution in [3.63, 3.8) is 0 Å². The molecule has 3 heteroatoms. The molecule has 1 heterocycles. The number of halogens is 1. The number of hydrogen-bond acceptors (Lipinski definition) is 1. The van der Waals surface area contributed by atoms with Crippen LogP contribution in [0.4, 0.5) is 0 Å². The van der Waals surface area contributed by atoms with Crippen LogP contribution in [0.3, 0.4) is 0 Å². The molecule has 2 aromatic carbocycles. The Hall–Kier alpha value is -1.38. The molecule has 3 rings (SSSR count). The summed E-state index contributed by atoms with van der Waals surface area (Å²) in [6.07, 6.45) is 3.55. The molecule has 0 radical (unpaired) electrons. The van der Waals surface area contributed by atoms with E-state index in [1.165, 1.54) is 40.7 Å². The number of nitrogens with zero attached hydrogens (tertiary/aromatic N) is 1. The van der Waals surface area contributed by atoms with Gasteiger partial charge in [0.2, 0.25) is 0 Å². The van der Waals surface area contributed by atoms with E-state index in [9.17, 15) is 0 Å². The molecule has 0 N–H and O–H groups in total. The molecule has 1 aliphatic heterocycles. The van der Waals surface area contributed by atoms with E-state index in [0.29, 0.717) is 23.8 Å². The molecule has 1 atom stereocenters. The third-order valence-electron chi connectivity index (χ3n) is 6.34. The second-order valence-electron chi connectivity index (χ2n) is 9.60. The van der Waals surface area contributed by atoms with E-state index in [2.05, 4.69) is 76.8 Å². The van der Waals surface area contributed by atoms with E-state index in [1.54, 1.807) is 0 Å². The summed E-state index contributed by atoms with van der Waals surface area (Å²) in [4.78, 5) is 3.49. The van der Waals surface area contributed by atoms with Gasteiger partial charge in [-0.05, 0) is 71.4 Å². The van der Waals surface area contributed by atoms with Gasteiger partial charge in [0.05, 0.1) is 6.04 Å². The molecule has 1 nitrogen and oxygen atoms in total. The fraction of sp³-hybridized carbons (Fsp3) is 0.519. The van der Waals surface area contributed by atoms with Crippen molar-refractivity contribution >= 4 is 28.8 Å². The highest BCUT2D eigenvalue weighted by Gasteiger charge is 2.30. The minimum absolute atomic E-state index is 0.301. The predicted molar refractivity (Wildman–Crippen MR) is 135 cm³/mol. The second kappa shape index (κ2) is 9.83. The predicted octanol–water partition coefficient (Wildman–Crippen LogP) is 8.61. The number of thiocarbonyl (C=S) groups is 1. The molecular weight excluding hydrogens is 406 g/mol. The van der Waals surface area contributed by atoms with Crippen LogP contribution >= 0.6 is 23.8 Å². The lowest BCUT2D eigenvalue weighted by Crippen LogP contribution is -2.39. The van der Waals surface area contributed by atoms with Gasteiger partial charge in [0.1, 0.15) is 4.99 Å². The van der Waals surface area contributed by atoms with Gasteiger partial charge < -0.3 is 4.90 Å². The van der Waals surface area contributed by atoms with E-state index in [1.807, 2.05) is 6.07 Å². The number of likely N-dealkylation sites (tertiary alicyclic amines) is 1. The van der Waals surface area contributed by atoms with Crippen molar-refractivity contribution in [1.82, 2.24) is 4.90 Å². The Labute approximate surface area is 193 Å². The van der Waals surface area contributed by atoms with Crippen LogP contribution in [0.25, 0.3) is 0 Å². The third-order valence-corrected chi connectivity index (χ3v) is 7.02. The van der Waals surface area contributed by atoms with Crippen LogP contribution in [0.15, 0.2) is 36.4 Å². The average molecular weight is 442 g/mol. The molecule has 0 aliphatic carbocycles. The van der Waals surface area contributed by atoms with Crippen LogP contribution in [0.1, 0.15) is 112 Å². The van der Waals surface area contributed by atoms with Gasteiger partial charge in [-0.1, -0.05) is 89.6 Å². The number of rotatable bonds is 5. The zero-order chi connectivity index (χ0) is 22.0. The molecule has 0 aromatic heterocycles. The summed E-state index contributed by atoms with van der Waals surface area (Å²) in [5.41, 5.74) is 6.78. The van der Waals surface area contributed by atoms with Crippen molar-refractivity contribution in [2.75, 3.05) is 6.54 Å². The van der Waals surface area contributed by atoms with Gasteiger partial charge in [-0.2, -0.15) is 0 Å². The monoisotopic (exact) mass is 441 g/mol. The van der Waals surface area contributed by atoms with Crippen molar-refractivity contribution < 1.29 is 0 Å². The maximum absolute atomic E-state index is 6.34. The quantitative estimate of drug-likeness (QED) is 0.427. The van der Waals surface area contributed by atoms with E-state index in [-0.39, 0.29) is 0 Å². The molecule has 0 saturated carbocycles. The highest BCUT2D eigenvalue weighted by molar-refractivity contribution is 7.80. The van der Waals surface area contributed by atoms with Crippen molar-refractivity contribution in [2.24, 2.45) is 0 Å². The summed E-state index contributed by atoms with van der Waals surface area (Å²) in [6.45, 7) is 14.7. The van der Waals surface area contributed by atoms with E-state index in [0.717, 1.165) is 23.0 Å². The third kappa shape index (κ3) is 4.92. The van der Waals surface area contributed by atoms with Crippen LogP contribution in [0.5, 0.6) is 0 Å². The van der Waals surface area contributed by atoms with Crippen molar-refractivity contribution in [3.05, 3.63) is 69.2 Å². The summed E-state index contributed by atoms with van der Waals surface area (Å²) >= 11 is 12.6. The van der Waals surface area contributed by atoms with Crippen molar-refractivity contribution in [2.45, 2.75) is 84.6 Å². The summed E-state index contributed by atoms with van der Waals surface area (Å²) in [5.74, 6) is 1.38. The van der Waals surface area contributed by atoms with E-state index < -0.39 is 0 Å². The second-order valence-corrected chi connectivity index (χ2v) is 10.4. The van der Waals surface area contributed by atoms with Crippen LogP contribution in [0, 0.1) is 0 Å². The number of piperidine rings is 1. The minimum atomic E-state index is 0.301. The zero-order valence-corrected chi connectivity index (χ0v) is 20.9. The molecular formula is C27H36ClNS. The van der Waals surface area contributed by atoms with E-state index in [4.69, 9.17) is 23.8 Å². The smallest absolute Gasteiger partial charge is 0.110 e. The summed E-state index contributed by atoms with van der Waals surface area (Å²) in [5, 5.41) is 0.802. The van der Waals surface area contributed by atoms with Crippen LogP contribution in [0.2, 0.25) is 5.02 Å². The molecule has 1 saturated heterocycles. The molecule has 30 heavy (non-hydrogen) atoms. The largest absolute Gasteiger partial charge is 0.355 e. The molecule has 162 valence electrons. The van der Waals surface area contributed by atoms with Crippen molar-refractivity contribution in [3.8, 4) is 0 Å². The lowest BCUT2D eigenvalue weighted by Gasteiger charge is -2.39. The maximum Gasteiger partial charge on any atom is 0.110 e. The Balaban J connectivity index is 2.12. The molecule has 0 unspecified atom stereocenters. The van der Waals surface area contributed by atoms with Gasteiger partial charge in [-0.3, -0.25) is 0 Å². The fourth-order valence-corrected chi connectivity index (χ4v) is 5.23. The standard InChI is InChI=1S/C27H36ClNS/c1-17(2)21-15-23(18(3)4)26(24(16-21)19(5)6)27(30)29-13-8-7-12-25(29)20-10-9-11-22(28)14-20/h9-11,14-19,25H,7-8,12-13H2,1-6H3/t25-/m1/s1. The Morgan fingerprint density at radius 3 is 2.10 bits per heavy atom. The highest BCUT2D eigenvalue weighted by atomic mass is 35.5. The molecule has 1 fully saturated rings. The first-order valence-corrected chi connectivity index (χ1v) is 12.2. The van der Waals surface area contributed by atoms with Gasteiger partial charge in [0.25, 0.3) is 0 Å². The molecule has 1 aliphatic rings. The van der Waals surface area contributed by atoms with Crippen LogP contribution in [-0.2, 0) is 0 Å². The van der Waals surface area contributed by atoms with Gasteiger partial charge in [0.15, 0.2) is 0 Å². The molecule has 0 spiro atoms. The Morgan fingerprint density at radius 2 is 1.57 bits per heavy atom. The van der Waals surface area contributed by atoms with Gasteiger partial charge in [-0.25, -0.2) is 0 Å².